The SMILES string of the molecule is CC(C)CCOc1csc(C(=O)O)c1. The van der Waals surface area contributed by atoms with E-state index in [1.165, 1.54) is 11.3 Å². The number of hydrogen-bond acceptors (Lipinski definition) is 3. The molecule has 0 atom stereocenters. The Morgan fingerprint density at radius 3 is 2.86 bits per heavy atom. The van der Waals surface area contributed by atoms with Crippen molar-refractivity contribution < 1.29 is 14.6 Å². The van der Waals surface area contributed by atoms with Crippen molar-refractivity contribution in [3.63, 3.8) is 0 Å². The van der Waals surface area contributed by atoms with Gasteiger partial charge in [-0.05, 0) is 12.3 Å². The summed E-state index contributed by atoms with van der Waals surface area (Å²) in [7, 11) is 0. The molecule has 14 heavy (non-hydrogen) atoms. The second-order valence-electron chi connectivity index (χ2n) is 3.48. The molecule has 0 aromatic carbocycles. The van der Waals surface area contributed by atoms with Crippen molar-refractivity contribution in [3.8, 4) is 5.75 Å². The molecule has 4 heteroatoms. The molecule has 0 aliphatic carbocycles. The topological polar surface area (TPSA) is 46.5 Å². The Hall–Kier alpha value is -1.03. The first-order valence-corrected chi connectivity index (χ1v) is 5.42. The van der Waals surface area contributed by atoms with Crippen LogP contribution in [0.15, 0.2) is 11.4 Å². The number of carboxylic acid groups (broad SMARTS) is 1. The molecule has 0 aliphatic rings. The van der Waals surface area contributed by atoms with Gasteiger partial charge in [0.2, 0.25) is 0 Å². The third kappa shape index (κ3) is 3.38. The normalized spacial score (nSPS) is 10.5. The van der Waals surface area contributed by atoms with E-state index in [9.17, 15) is 4.79 Å². The Morgan fingerprint density at radius 2 is 2.36 bits per heavy atom. The third-order valence-corrected chi connectivity index (χ3v) is 2.65. The third-order valence-electron chi connectivity index (χ3n) is 1.75. The minimum Gasteiger partial charge on any atom is -0.493 e. The van der Waals surface area contributed by atoms with E-state index in [2.05, 4.69) is 13.8 Å². The second-order valence-corrected chi connectivity index (χ2v) is 4.39. The average molecular weight is 214 g/mol. The molecule has 0 amide bonds. The summed E-state index contributed by atoms with van der Waals surface area (Å²) in [5.41, 5.74) is 0. The highest BCUT2D eigenvalue weighted by molar-refractivity contribution is 7.12. The van der Waals surface area contributed by atoms with Crippen LogP contribution < -0.4 is 4.74 Å². The number of rotatable bonds is 5. The summed E-state index contributed by atoms with van der Waals surface area (Å²) in [4.78, 5) is 10.9. The summed E-state index contributed by atoms with van der Waals surface area (Å²) in [5.74, 6) is 0.370. The lowest BCUT2D eigenvalue weighted by Gasteiger charge is -2.05. The minimum atomic E-state index is -0.895. The Morgan fingerprint density at radius 1 is 1.64 bits per heavy atom. The lowest BCUT2D eigenvalue weighted by Crippen LogP contribution is -2.00. The largest absolute Gasteiger partial charge is 0.493 e. The zero-order chi connectivity index (χ0) is 10.6. The van der Waals surface area contributed by atoms with Crippen molar-refractivity contribution in [3.05, 3.63) is 16.3 Å². The molecule has 1 aromatic heterocycles. The van der Waals surface area contributed by atoms with Crippen LogP contribution in [-0.2, 0) is 0 Å². The number of hydrogen-bond donors (Lipinski definition) is 1. The van der Waals surface area contributed by atoms with Crippen LogP contribution in [-0.4, -0.2) is 17.7 Å². The van der Waals surface area contributed by atoms with Crippen LogP contribution in [0.1, 0.15) is 29.9 Å². The number of aromatic carboxylic acids is 1. The molecule has 1 rings (SSSR count). The first-order chi connectivity index (χ1) is 6.59. The molecule has 0 spiro atoms. The van der Waals surface area contributed by atoms with Crippen molar-refractivity contribution in [2.45, 2.75) is 20.3 Å². The monoisotopic (exact) mass is 214 g/mol. The van der Waals surface area contributed by atoms with Gasteiger partial charge in [0.05, 0.1) is 6.61 Å². The highest BCUT2D eigenvalue weighted by Gasteiger charge is 2.07. The smallest absolute Gasteiger partial charge is 0.346 e. The summed E-state index contributed by atoms with van der Waals surface area (Å²) in [6.45, 7) is 4.90. The Kier molecular flexibility index (Phi) is 3.95. The molecule has 0 saturated carbocycles. The predicted molar refractivity (Wildman–Crippen MR) is 56.2 cm³/mol. The maximum atomic E-state index is 10.6. The summed E-state index contributed by atoms with van der Waals surface area (Å²) < 4.78 is 5.39. The van der Waals surface area contributed by atoms with Gasteiger partial charge in [-0.25, -0.2) is 4.79 Å². The van der Waals surface area contributed by atoms with Gasteiger partial charge in [-0.3, -0.25) is 0 Å². The molecule has 1 N–H and O–H groups in total. The maximum Gasteiger partial charge on any atom is 0.346 e. The van der Waals surface area contributed by atoms with Crippen molar-refractivity contribution in [1.82, 2.24) is 0 Å². The number of carbonyl (C=O) groups is 1. The van der Waals surface area contributed by atoms with Gasteiger partial charge in [-0.1, -0.05) is 13.8 Å². The van der Waals surface area contributed by atoms with E-state index in [1.807, 2.05) is 0 Å². The fourth-order valence-corrected chi connectivity index (χ4v) is 1.58. The van der Waals surface area contributed by atoms with E-state index in [4.69, 9.17) is 9.84 Å². The van der Waals surface area contributed by atoms with Crippen LogP contribution in [0.3, 0.4) is 0 Å². The maximum absolute atomic E-state index is 10.6. The van der Waals surface area contributed by atoms with Gasteiger partial charge >= 0.3 is 5.97 Å². The summed E-state index contributed by atoms with van der Waals surface area (Å²) in [6.07, 6.45) is 0.984. The molecular weight excluding hydrogens is 200 g/mol. The molecule has 0 fully saturated rings. The van der Waals surface area contributed by atoms with Gasteiger partial charge < -0.3 is 9.84 Å². The number of carboxylic acids is 1. The van der Waals surface area contributed by atoms with Crippen molar-refractivity contribution in [2.24, 2.45) is 5.92 Å². The van der Waals surface area contributed by atoms with Crippen LogP contribution in [0.5, 0.6) is 5.75 Å². The molecule has 0 radical (unpaired) electrons. The second kappa shape index (κ2) is 5.00. The van der Waals surface area contributed by atoms with E-state index in [0.29, 0.717) is 23.2 Å². The van der Waals surface area contributed by atoms with Gasteiger partial charge in [0, 0.05) is 11.4 Å². The van der Waals surface area contributed by atoms with Gasteiger partial charge in [-0.15, -0.1) is 11.3 Å². The van der Waals surface area contributed by atoms with Gasteiger partial charge in [0.1, 0.15) is 10.6 Å². The molecule has 0 bridgehead atoms. The lowest BCUT2D eigenvalue weighted by molar-refractivity contribution is 0.0702. The van der Waals surface area contributed by atoms with E-state index >= 15 is 0 Å². The quantitative estimate of drug-likeness (QED) is 0.819. The zero-order valence-corrected chi connectivity index (χ0v) is 9.13. The summed E-state index contributed by atoms with van der Waals surface area (Å²) in [5, 5.41) is 10.4. The molecule has 1 heterocycles. The van der Waals surface area contributed by atoms with Crippen LogP contribution in [0.2, 0.25) is 0 Å². The summed E-state index contributed by atoms with van der Waals surface area (Å²) in [6, 6.07) is 1.56. The molecule has 78 valence electrons. The molecule has 3 nitrogen and oxygen atoms in total. The van der Waals surface area contributed by atoms with E-state index < -0.39 is 5.97 Å². The van der Waals surface area contributed by atoms with E-state index in [1.54, 1.807) is 11.4 Å². The predicted octanol–water partition coefficient (Wildman–Crippen LogP) is 2.87. The Balaban J connectivity index is 2.40. The first kappa shape index (κ1) is 11.0. The van der Waals surface area contributed by atoms with Crippen LogP contribution in [0.4, 0.5) is 0 Å². The number of ether oxygens (including phenoxy) is 1. The van der Waals surface area contributed by atoms with Gasteiger partial charge in [-0.2, -0.15) is 0 Å². The molecule has 0 unspecified atom stereocenters. The van der Waals surface area contributed by atoms with Gasteiger partial charge in [0.25, 0.3) is 0 Å². The highest BCUT2D eigenvalue weighted by Crippen LogP contribution is 2.21. The molecular formula is C10H14O3S. The lowest BCUT2D eigenvalue weighted by atomic mass is 10.1. The van der Waals surface area contributed by atoms with Crippen LogP contribution in [0, 0.1) is 5.92 Å². The van der Waals surface area contributed by atoms with Gasteiger partial charge in [0.15, 0.2) is 0 Å². The minimum absolute atomic E-state index is 0.324. The fourth-order valence-electron chi connectivity index (χ4n) is 0.919. The molecule has 0 saturated heterocycles. The van der Waals surface area contributed by atoms with Crippen LogP contribution >= 0.6 is 11.3 Å². The van der Waals surface area contributed by atoms with Crippen molar-refractivity contribution in [2.75, 3.05) is 6.61 Å². The fraction of sp³-hybridized carbons (Fsp3) is 0.500. The van der Waals surface area contributed by atoms with E-state index in [-0.39, 0.29) is 0 Å². The van der Waals surface area contributed by atoms with Crippen LogP contribution in [0.25, 0.3) is 0 Å². The molecule has 0 aliphatic heterocycles. The Bertz CT molecular complexity index is 304. The Labute approximate surface area is 87.3 Å². The standard InChI is InChI=1S/C10H14O3S/c1-7(2)3-4-13-8-5-9(10(11)12)14-6-8/h5-7H,3-4H2,1-2H3,(H,11,12). The number of thiophene rings is 1. The average Bonchev–Trinajstić information content (AvgIpc) is 2.52. The molecule has 1 aromatic rings. The van der Waals surface area contributed by atoms with Crippen molar-refractivity contribution in [1.29, 1.82) is 0 Å². The first-order valence-electron chi connectivity index (χ1n) is 4.54. The zero-order valence-electron chi connectivity index (χ0n) is 8.32. The highest BCUT2D eigenvalue weighted by atomic mass is 32.1. The van der Waals surface area contributed by atoms with Crippen molar-refractivity contribution >= 4 is 17.3 Å². The summed E-state index contributed by atoms with van der Waals surface area (Å²) >= 11 is 1.19. The van der Waals surface area contributed by atoms with E-state index in [0.717, 1.165) is 6.42 Å².